The monoisotopic (exact) mass is 404 g/mol. The zero-order valence-electron chi connectivity index (χ0n) is 15.3. The lowest BCUT2D eigenvalue weighted by molar-refractivity contribution is -0.120. The van der Waals surface area contributed by atoms with Crippen LogP contribution in [0, 0.1) is 5.82 Å². The van der Waals surface area contributed by atoms with Crippen molar-refractivity contribution in [3.05, 3.63) is 59.4 Å². The lowest BCUT2D eigenvalue weighted by Gasteiger charge is -2.33. The summed E-state index contributed by atoms with van der Waals surface area (Å²) in [6.07, 6.45) is 0. The Kier molecular flexibility index (Phi) is 6.97. The highest BCUT2D eigenvalue weighted by molar-refractivity contribution is 6.31. The molecule has 0 spiro atoms. The van der Waals surface area contributed by atoms with Crippen LogP contribution in [0.1, 0.15) is 0 Å². The fourth-order valence-corrected chi connectivity index (χ4v) is 3.19. The zero-order valence-corrected chi connectivity index (χ0v) is 16.1. The second-order valence-corrected chi connectivity index (χ2v) is 7.05. The molecule has 1 heterocycles. The molecule has 3 rings (SSSR count). The van der Waals surface area contributed by atoms with E-state index in [9.17, 15) is 14.0 Å². The quantitative estimate of drug-likeness (QED) is 0.777. The van der Waals surface area contributed by atoms with Gasteiger partial charge in [0.15, 0.2) is 0 Å². The first kappa shape index (κ1) is 20.3. The van der Waals surface area contributed by atoms with E-state index in [2.05, 4.69) is 15.5 Å². The van der Waals surface area contributed by atoms with Gasteiger partial charge in [0, 0.05) is 37.6 Å². The molecule has 2 aromatic rings. The molecule has 1 aliphatic rings. The molecule has 0 aromatic heterocycles. The summed E-state index contributed by atoms with van der Waals surface area (Å²) in [7, 11) is 0. The molecule has 2 N–H and O–H groups in total. The van der Waals surface area contributed by atoms with Gasteiger partial charge in [-0.3, -0.25) is 19.4 Å². The summed E-state index contributed by atoms with van der Waals surface area (Å²) in [5.74, 6) is -0.754. The summed E-state index contributed by atoms with van der Waals surface area (Å²) < 4.78 is 13.2. The fourth-order valence-electron chi connectivity index (χ4n) is 3.01. The first-order valence-corrected chi connectivity index (χ1v) is 9.42. The largest absolute Gasteiger partial charge is 0.325 e. The Balaban J connectivity index is 1.39. The van der Waals surface area contributed by atoms with Crippen molar-refractivity contribution in [1.82, 2.24) is 9.80 Å². The van der Waals surface area contributed by atoms with Gasteiger partial charge in [-0.2, -0.15) is 0 Å². The first-order chi connectivity index (χ1) is 13.5. The average molecular weight is 405 g/mol. The first-order valence-electron chi connectivity index (χ1n) is 9.04. The van der Waals surface area contributed by atoms with Crippen LogP contribution in [-0.2, 0) is 9.59 Å². The number of carbonyl (C=O) groups excluding carboxylic acids is 2. The number of para-hydroxylation sites is 1. The summed E-state index contributed by atoms with van der Waals surface area (Å²) in [6, 6.07) is 13.4. The van der Waals surface area contributed by atoms with Gasteiger partial charge in [0.2, 0.25) is 11.8 Å². The number of anilines is 2. The second kappa shape index (κ2) is 9.64. The van der Waals surface area contributed by atoms with Crippen molar-refractivity contribution in [2.75, 3.05) is 49.9 Å². The van der Waals surface area contributed by atoms with Crippen molar-refractivity contribution in [3.63, 3.8) is 0 Å². The fraction of sp³-hybridized carbons (Fsp3) is 0.300. The van der Waals surface area contributed by atoms with Gasteiger partial charge < -0.3 is 10.6 Å². The Morgan fingerprint density at radius 1 is 0.857 bits per heavy atom. The third kappa shape index (κ3) is 6.02. The van der Waals surface area contributed by atoms with Crippen LogP contribution in [0.25, 0.3) is 0 Å². The molecule has 0 radical (unpaired) electrons. The summed E-state index contributed by atoms with van der Waals surface area (Å²) in [4.78, 5) is 28.4. The summed E-state index contributed by atoms with van der Waals surface area (Å²) in [6.45, 7) is 3.35. The van der Waals surface area contributed by atoms with Gasteiger partial charge in [0.25, 0.3) is 0 Å². The van der Waals surface area contributed by atoms with Crippen molar-refractivity contribution in [2.45, 2.75) is 0 Å². The third-order valence-electron chi connectivity index (χ3n) is 4.46. The maximum absolute atomic E-state index is 13.2. The summed E-state index contributed by atoms with van der Waals surface area (Å²) >= 11 is 5.72. The Morgan fingerprint density at radius 3 is 1.93 bits per heavy atom. The molecule has 0 atom stereocenters. The SMILES string of the molecule is O=C(CN1CCN(CC(=O)Nc2ccc(F)c(Cl)c2)CC1)Nc1ccccc1. The highest BCUT2D eigenvalue weighted by Crippen LogP contribution is 2.19. The number of amides is 2. The minimum atomic E-state index is -0.521. The van der Waals surface area contributed by atoms with Crippen LogP contribution in [0.5, 0.6) is 0 Å². The Bertz CT molecular complexity index is 826. The van der Waals surface area contributed by atoms with Crippen LogP contribution in [0.2, 0.25) is 5.02 Å². The van der Waals surface area contributed by atoms with E-state index in [-0.39, 0.29) is 23.4 Å². The van der Waals surface area contributed by atoms with E-state index in [0.29, 0.717) is 38.4 Å². The zero-order chi connectivity index (χ0) is 19.9. The minimum absolute atomic E-state index is 0.0276. The molecule has 1 aliphatic heterocycles. The number of halogens is 2. The number of hydrogen-bond donors (Lipinski definition) is 2. The molecule has 148 valence electrons. The number of rotatable bonds is 6. The highest BCUT2D eigenvalue weighted by atomic mass is 35.5. The molecule has 1 fully saturated rings. The lowest BCUT2D eigenvalue weighted by atomic mass is 10.2. The summed E-state index contributed by atoms with van der Waals surface area (Å²) in [5.41, 5.74) is 1.25. The number of piperazine rings is 1. The second-order valence-electron chi connectivity index (χ2n) is 6.64. The van der Waals surface area contributed by atoms with Gasteiger partial charge in [-0.25, -0.2) is 4.39 Å². The molecule has 6 nitrogen and oxygen atoms in total. The predicted octanol–water partition coefficient (Wildman–Crippen LogP) is 2.67. The van der Waals surface area contributed by atoms with E-state index in [1.165, 1.54) is 18.2 Å². The van der Waals surface area contributed by atoms with E-state index in [4.69, 9.17) is 11.6 Å². The number of benzene rings is 2. The Morgan fingerprint density at radius 2 is 1.39 bits per heavy atom. The standard InChI is InChI=1S/C20H22ClFN4O2/c21-17-12-16(6-7-18(17)22)24-20(28)14-26-10-8-25(9-11-26)13-19(27)23-15-4-2-1-3-5-15/h1-7,12H,8-11,13-14H2,(H,23,27)(H,24,28). The molecule has 1 saturated heterocycles. The van der Waals surface area contributed by atoms with E-state index in [1.54, 1.807) is 0 Å². The van der Waals surface area contributed by atoms with Crippen LogP contribution in [0.4, 0.5) is 15.8 Å². The highest BCUT2D eigenvalue weighted by Gasteiger charge is 2.20. The van der Waals surface area contributed by atoms with Gasteiger partial charge in [-0.15, -0.1) is 0 Å². The molecular formula is C20H22ClFN4O2. The van der Waals surface area contributed by atoms with Gasteiger partial charge in [-0.05, 0) is 30.3 Å². The van der Waals surface area contributed by atoms with Crippen molar-refractivity contribution >= 4 is 34.8 Å². The molecule has 2 amide bonds. The average Bonchev–Trinajstić information content (AvgIpc) is 2.67. The van der Waals surface area contributed by atoms with Gasteiger partial charge >= 0.3 is 0 Å². The molecule has 0 saturated carbocycles. The van der Waals surface area contributed by atoms with Crippen LogP contribution < -0.4 is 10.6 Å². The number of nitrogens with zero attached hydrogens (tertiary/aromatic N) is 2. The van der Waals surface area contributed by atoms with Gasteiger partial charge in [-0.1, -0.05) is 29.8 Å². The topological polar surface area (TPSA) is 64.7 Å². The van der Waals surface area contributed by atoms with Crippen LogP contribution in [0.3, 0.4) is 0 Å². The van der Waals surface area contributed by atoms with Crippen molar-refractivity contribution in [2.24, 2.45) is 0 Å². The van der Waals surface area contributed by atoms with E-state index < -0.39 is 5.82 Å². The maximum atomic E-state index is 13.2. The van der Waals surface area contributed by atoms with E-state index >= 15 is 0 Å². The predicted molar refractivity (Wildman–Crippen MR) is 108 cm³/mol. The van der Waals surface area contributed by atoms with E-state index in [0.717, 1.165) is 5.69 Å². The molecule has 0 bridgehead atoms. The van der Waals surface area contributed by atoms with Crippen LogP contribution in [-0.4, -0.2) is 60.9 Å². The van der Waals surface area contributed by atoms with Crippen molar-refractivity contribution < 1.29 is 14.0 Å². The molecule has 0 unspecified atom stereocenters. The van der Waals surface area contributed by atoms with Crippen molar-refractivity contribution in [1.29, 1.82) is 0 Å². The molecule has 8 heteroatoms. The molecule has 0 aliphatic carbocycles. The Hall–Kier alpha value is -2.48. The normalized spacial score (nSPS) is 15.2. The number of carbonyl (C=O) groups is 2. The number of hydrogen-bond acceptors (Lipinski definition) is 4. The van der Waals surface area contributed by atoms with Gasteiger partial charge in [0.05, 0.1) is 18.1 Å². The Labute approximate surface area is 168 Å². The smallest absolute Gasteiger partial charge is 0.238 e. The molecular weight excluding hydrogens is 383 g/mol. The van der Waals surface area contributed by atoms with Crippen molar-refractivity contribution in [3.8, 4) is 0 Å². The van der Waals surface area contributed by atoms with Crippen LogP contribution in [0.15, 0.2) is 48.5 Å². The lowest BCUT2D eigenvalue weighted by Crippen LogP contribution is -2.50. The van der Waals surface area contributed by atoms with E-state index in [1.807, 2.05) is 35.2 Å². The van der Waals surface area contributed by atoms with Gasteiger partial charge in [0.1, 0.15) is 5.82 Å². The number of nitrogens with one attached hydrogen (secondary N) is 2. The maximum Gasteiger partial charge on any atom is 0.238 e. The third-order valence-corrected chi connectivity index (χ3v) is 4.75. The van der Waals surface area contributed by atoms with Crippen LogP contribution >= 0.6 is 11.6 Å². The molecule has 28 heavy (non-hydrogen) atoms. The summed E-state index contributed by atoms with van der Waals surface area (Å²) in [5, 5.41) is 5.56. The molecule has 2 aromatic carbocycles. The minimum Gasteiger partial charge on any atom is -0.325 e.